The van der Waals surface area contributed by atoms with Gasteiger partial charge in [-0.1, -0.05) is 0 Å². The molecule has 0 aromatic carbocycles. The summed E-state index contributed by atoms with van der Waals surface area (Å²) in [5, 5.41) is 3.39. The van der Waals surface area contributed by atoms with Gasteiger partial charge in [0, 0.05) is 29.2 Å². The second kappa shape index (κ2) is 5.75. The van der Waals surface area contributed by atoms with Gasteiger partial charge in [0.15, 0.2) is 0 Å². The van der Waals surface area contributed by atoms with E-state index in [2.05, 4.69) is 5.32 Å². The lowest BCUT2D eigenvalue weighted by Gasteiger charge is -2.21. The van der Waals surface area contributed by atoms with Gasteiger partial charge >= 0.3 is 0 Å². The molecule has 90 valence electrons. The molecule has 0 bridgehead atoms. The van der Waals surface area contributed by atoms with Crippen molar-refractivity contribution in [3.05, 3.63) is 18.1 Å². The highest BCUT2D eigenvalue weighted by molar-refractivity contribution is 7.99. The van der Waals surface area contributed by atoms with Crippen molar-refractivity contribution in [3.8, 4) is 0 Å². The molecule has 1 aliphatic heterocycles. The average Bonchev–Trinajstić information content (AvgIpc) is 2.92. The summed E-state index contributed by atoms with van der Waals surface area (Å²) in [6, 6.07) is 2.57. The highest BCUT2D eigenvalue weighted by Crippen LogP contribution is 2.27. The van der Waals surface area contributed by atoms with Gasteiger partial charge in [-0.2, -0.15) is 0 Å². The fourth-order valence-electron chi connectivity index (χ4n) is 2.03. The van der Waals surface area contributed by atoms with Crippen molar-refractivity contribution in [3.63, 3.8) is 0 Å². The molecule has 1 saturated heterocycles. The maximum Gasteiger partial charge on any atom is 0.114 e. The Morgan fingerprint density at radius 2 is 2.50 bits per heavy atom. The van der Waals surface area contributed by atoms with Crippen molar-refractivity contribution in [2.75, 3.05) is 26.0 Å². The molecular formula is C12H19NO2S. The van der Waals surface area contributed by atoms with Gasteiger partial charge in [0.25, 0.3) is 0 Å². The number of nitrogens with one attached hydrogen (secondary N) is 1. The zero-order valence-electron chi connectivity index (χ0n) is 9.86. The van der Waals surface area contributed by atoms with Crippen LogP contribution in [0.25, 0.3) is 0 Å². The van der Waals surface area contributed by atoms with Crippen molar-refractivity contribution < 1.29 is 9.15 Å². The van der Waals surface area contributed by atoms with E-state index in [0.717, 1.165) is 24.7 Å². The first kappa shape index (κ1) is 12.0. The molecule has 1 N–H and O–H groups in total. The minimum Gasteiger partial charge on any atom is -0.468 e. The minimum atomic E-state index is 0.529. The highest BCUT2D eigenvalue weighted by atomic mass is 32.2. The second-order valence-corrected chi connectivity index (χ2v) is 5.23. The van der Waals surface area contributed by atoms with Crippen LogP contribution in [0, 0.1) is 12.8 Å². The lowest BCUT2D eigenvalue weighted by Crippen LogP contribution is -2.36. The quantitative estimate of drug-likeness (QED) is 0.802. The van der Waals surface area contributed by atoms with Gasteiger partial charge in [0.2, 0.25) is 0 Å². The zero-order valence-corrected chi connectivity index (χ0v) is 10.7. The molecule has 0 aliphatic carbocycles. The van der Waals surface area contributed by atoms with Crippen LogP contribution in [0.3, 0.4) is 0 Å². The molecule has 0 radical (unpaired) electrons. The topological polar surface area (TPSA) is 34.4 Å². The molecule has 16 heavy (non-hydrogen) atoms. The maximum absolute atomic E-state index is 5.43. The minimum absolute atomic E-state index is 0.529. The van der Waals surface area contributed by atoms with Crippen LogP contribution >= 0.6 is 11.8 Å². The summed E-state index contributed by atoms with van der Waals surface area (Å²) in [4.78, 5) is 1.25. The van der Waals surface area contributed by atoms with E-state index in [-0.39, 0.29) is 0 Å². The molecule has 0 spiro atoms. The van der Waals surface area contributed by atoms with E-state index in [9.17, 15) is 0 Å². The Hall–Kier alpha value is -0.450. The Bertz CT molecular complexity index is 321. The van der Waals surface area contributed by atoms with Crippen molar-refractivity contribution in [1.29, 1.82) is 0 Å². The molecule has 4 heteroatoms. The summed E-state index contributed by atoms with van der Waals surface area (Å²) in [6.45, 7) is 3.82. The van der Waals surface area contributed by atoms with Crippen LogP contribution in [-0.2, 0) is 4.74 Å². The van der Waals surface area contributed by atoms with Crippen LogP contribution in [0.4, 0.5) is 0 Å². The highest BCUT2D eigenvalue weighted by Gasteiger charge is 2.24. The second-order valence-electron chi connectivity index (χ2n) is 4.17. The van der Waals surface area contributed by atoms with Gasteiger partial charge in [-0.15, -0.1) is 11.8 Å². The van der Waals surface area contributed by atoms with Gasteiger partial charge in [-0.3, -0.25) is 0 Å². The Labute approximate surface area is 101 Å². The molecule has 1 aromatic heterocycles. The molecule has 2 unspecified atom stereocenters. The number of hydrogen-bond acceptors (Lipinski definition) is 4. The lowest BCUT2D eigenvalue weighted by molar-refractivity contribution is 0.180. The van der Waals surface area contributed by atoms with Crippen molar-refractivity contribution in [2.45, 2.75) is 24.3 Å². The van der Waals surface area contributed by atoms with E-state index in [1.165, 1.54) is 11.3 Å². The van der Waals surface area contributed by atoms with E-state index < -0.39 is 0 Å². The zero-order chi connectivity index (χ0) is 11.4. The Morgan fingerprint density at radius 3 is 3.06 bits per heavy atom. The number of aryl methyl sites for hydroxylation is 1. The van der Waals surface area contributed by atoms with Crippen molar-refractivity contribution >= 4 is 11.8 Å². The average molecular weight is 241 g/mol. The van der Waals surface area contributed by atoms with Gasteiger partial charge in [-0.05, 0) is 26.5 Å². The van der Waals surface area contributed by atoms with Gasteiger partial charge in [0.1, 0.15) is 5.76 Å². The number of furan rings is 1. The normalized spacial score (nSPS) is 22.5. The van der Waals surface area contributed by atoms with Gasteiger partial charge in [-0.25, -0.2) is 0 Å². The summed E-state index contributed by atoms with van der Waals surface area (Å²) in [5.74, 6) is 2.75. The fourth-order valence-corrected chi connectivity index (χ4v) is 3.23. The molecule has 2 heterocycles. The molecule has 0 amide bonds. The van der Waals surface area contributed by atoms with Gasteiger partial charge < -0.3 is 14.5 Å². The molecular weight excluding hydrogens is 222 g/mol. The summed E-state index contributed by atoms with van der Waals surface area (Å²) < 4.78 is 10.7. The number of hydrogen-bond donors (Lipinski definition) is 1. The van der Waals surface area contributed by atoms with E-state index in [1.807, 2.05) is 31.8 Å². The van der Waals surface area contributed by atoms with E-state index in [4.69, 9.17) is 9.15 Å². The molecule has 2 atom stereocenters. The summed E-state index contributed by atoms with van der Waals surface area (Å²) in [6.07, 6.45) is 2.93. The van der Waals surface area contributed by atoms with Crippen LogP contribution in [0.5, 0.6) is 0 Å². The van der Waals surface area contributed by atoms with Crippen molar-refractivity contribution in [2.24, 2.45) is 5.92 Å². The fraction of sp³-hybridized carbons (Fsp3) is 0.667. The van der Waals surface area contributed by atoms with Gasteiger partial charge in [0.05, 0.1) is 12.9 Å². The summed E-state index contributed by atoms with van der Waals surface area (Å²) in [5.41, 5.74) is 0. The SMILES string of the molecule is CNC(CSc1ccoc1C)C1CCOC1. The standard InChI is InChI=1S/C12H19NO2S/c1-9-12(4-6-15-9)16-8-11(13-2)10-3-5-14-7-10/h4,6,10-11,13H,3,5,7-8H2,1-2H3. The molecule has 2 rings (SSSR count). The third-order valence-electron chi connectivity index (χ3n) is 3.13. The Morgan fingerprint density at radius 1 is 1.62 bits per heavy atom. The predicted octanol–water partition coefficient (Wildman–Crippen LogP) is 2.30. The van der Waals surface area contributed by atoms with E-state index in [1.54, 1.807) is 6.26 Å². The monoisotopic (exact) mass is 241 g/mol. The van der Waals surface area contributed by atoms with E-state index in [0.29, 0.717) is 12.0 Å². The Balaban J connectivity index is 1.85. The smallest absolute Gasteiger partial charge is 0.114 e. The van der Waals surface area contributed by atoms with Crippen LogP contribution < -0.4 is 5.32 Å². The maximum atomic E-state index is 5.43. The summed E-state index contributed by atoms with van der Waals surface area (Å²) >= 11 is 1.86. The van der Waals surface area contributed by atoms with Crippen LogP contribution in [0.2, 0.25) is 0 Å². The van der Waals surface area contributed by atoms with Crippen LogP contribution in [0.15, 0.2) is 21.6 Å². The first-order valence-electron chi connectivity index (χ1n) is 5.73. The number of thioether (sulfide) groups is 1. The predicted molar refractivity (Wildman–Crippen MR) is 65.9 cm³/mol. The number of rotatable bonds is 5. The van der Waals surface area contributed by atoms with E-state index >= 15 is 0 Å². The molecule has 1 aromatic rings. The Kier molecular flexibility index (Phi) is 4.32. The van der Waals surface area contributed by atoms with Crippen LogP contribution in [0.1, 0.15) is 12.2 Å². The first-order valence-corrected chi connectivity index (χ1v) is 6.71. The van der Waals surface area contributed by atoms with Crippen molar-refractivity contribution in [1.82, 2.24) is 5.32 Å². The largest absolute Gasteiger partial charge is 0.468 e. The third-order valence-corrected chi connectivity index (χ3v) is 4.39. The molecule has 1 aliphatic rings. The molecule has 3 nitrogen and oxygen atoms in total. The molecule has 0 saturated carbocycles. The molecule has 1 fully saturated rings. The lowest BCUT2D eigenvalue weighted by atomic mass is 10.0. The van der Waals surface area contributed by atoms with Crippen LogP contribution in [-0.4, -0.2) is 32.1 Å². The number of ether oxygens (including phenoxy) is 1. The third kappa shape index (κ3) is 2.81. The first-order chi connectivity index (χ1) is 7.81. The summed E-state index contributed by atoms with van der Waals surface area (Å²) in [7, 11) is 2.03.